The molecule has 124 valence electrons. The van der Waals surface area contributed by atoms with Crippen molar-refractivity contribution in [1.82, 2.24) is 15.5 Å². The molecule has 0 aromatic heterocycles. The van der Waals surface area contributed by atoms with E-state index in [0.29, 0.717) is 13.2 Å². The topological polar surface area (TPSA) is 94.5 Å². The maximum absolute atomic E-state index is 12.0. The summed E-state index contributed by atoms with van der Waals surface area (Å²) in [6.07, 6.45) is 2.71. The zero-order chi connectivity index (χ0) is 16.6. The van der Waals surface area contributed by atoms with Gasteiger partial charge in [0.15, 0.2) is 0 Å². The van der Waals surface area contributed by atoms with Gasteiger partial charge in [-0.3, -0.25) is 14.5 Å². The van der Waals surface area contributed by atoms with Gasteiger partial charge in [-0.05, 0) is 39.2 Å². The van der Waals surface area contributed by atoms with Crippen LogP contribution in [0, 0.1) is 17.2 Å². The van der Waals surface area contributed by atoms with E-state index in [4.69, 9.17) is 4.74 Å². The fourth-order valence-corrected chi connectivity index (χ4v) is 2.26. The summed E-state index contributed by atoms with van der Waals surface area (Å²) < 4.78 is 4.90. The van der Waals surface area contributed by atoms with E-state index in [1.807, 2.05) is 0 Å². The first-order valence-corrected chi connectivity index (χ1v) is 7.57. The number of ether oxygens (including phenoxy) is 1. The van der Waals surface area contributed by atoms with Gasteiger partial charge in [-0.25, -0.2) is 0 Å². The van der Waals surface area contributed by atoms with Crippen LogP contribution >= 0.6 is 0 Å². The third kappa shape index (κ3) is 6.41. The summed E-state index contributed by atoms with van der Waals surface area (Å²) in [5.41, 5.74) is -0.791. The highest BCUT2D eigenvalue weighted by Gasteiger charge is 2.43. The van der Waals surface area contributed by atoms with Gasteiger partial charge in [-0.15, -0.1) is 0 Å². The van der Waals surface area contributed by atoms with Crippen LogP contribution in [0.15, 0.2) is 0 Å². The summed E-state index contributed by atoms with van der Waals surface area (Å²) >= 11 is 0. The van der Waals surface area contributed by atoms with E-state index in [0.717, 1.165) is 19.3 Å². The number of likely N-dealkylation sites (N-methyl/N-ethyl adjacent to an activating group) is 1. The minimum absolute atomic E-state index is 0.0927. The third-order valence-corrected chi connectivity index (χ3v) is 3.70. The fraction of sp³-hybridized carbons (Fsp3) is 0.800. The Morgan fingerprint density at radius 2 is 2.00 bits per heavy atom. The van der Waals surface area contributed by atoms with E-state index in [1.54, 1.807) is 26.0 Å². The van der Waals surface area contributed by atoms with Gasteiger partial charge in [0.25, 0.3) is 0 Å². The number of amides is 2. The molecule has 0 radical (unpaired) electrons. The normalized spacial score (nSPS) is 16.7. The largest absolute Gasteiger partial charge is 0.385 e. The zero-order valence-corrected chi connectivity index (χ0v) is 13.6. The van der Waals surface area contributed by atoms with Gasteiger partial charge in [0, 0.05) is 20.3 Å². The van der Waals surface area contributed by atoms with E-state index < -0.39 is 5.54 Å². The van der Waals surface area contributed by atoms with Crippen molar-refractivity contribution in [3.63, 3.8) is 0 Å². The first-order valence-electron chi connectivity index (χ1n) is 7.57. The van der Waals surface area contributed by atoms with Crippen molar-refractivity contribution < 1.29 is 14.3 Å². The lowest BCUT2D eigenvalue weighted by Crippen LogP contribution is -2.50. The third-order valence-electron chi connectivity index (χ3n) is 3.70. The first kappa shape index (κ1) is 18.4. The van der Waals surface area contributed by atoms with Crippen LogP contribution in [0.25, 0.3) is 0 Å². The summed E-state index contributed by atoms with van der Waals surface area (Å²) in [6, 6.07) is 2.18. The summed E-state index contributed by atoms with van der Waals surface area (Å²) in [5.74, 6) is -0.113. The molecule has 1 aliphatic carbocycles. The molecule has 0 spiro atoms. The standard InChI is InChI=1S/C15H26N4O3/c1-15(11-16,12-5-6-12)18-14(21)10-19(2)9-13(20)17-7-4-8-22-3/h12H,4-10H2,1-3H3,(H,17,20)(H,18,21). The number of methoxy groups -OCH3 is 1. The average Bonchev–Trinajstić information content (AvgIpc) is 3.28. The molecule has 1 aliphatic rings. The Morgan fingerprint density at radius 3 is 2.55 bits per heavy atom. The Hall–Kier alpha value is -1.65. The molecule has 22 heavy (non-hydrogen) atoms. The Labute approximate surface area is 132 Å². The van der Waals surface area contributed by atoms with E-state index in [9.17, 15) is 14.9 Å². The number of rotatable bonds is 10. The van der Waals surface area contributed by atoms with E-state index in [-0.39, 0.29) is 30.8 Å². The molecule has 1 fully saturated rings. The van der Waals surface area contributed by atoms with E-state index in [1.165, 1.54) is 0 Å². The van der Waals surface area contributed by atoms with Gasteiger partial charge < -0.3 is 15.4 Å². The highest BCUT2D eigenvalue weighted by Crippen LogP contribution is 2.39. The fourth-order valence-electron chi connectivity index (χ4n) is 2.26. The molecule has 7 heteroatoms. The minimum Gasteiger partial charge on any atom is -0.385 e. The number of nitriles is 1. The molecule has 0 aliphatic heterocycles. The molecule has 1 unspecified atom stereocenters. The summed E-state index contributed by atoms with van der Waals surface area (Å²) in [7, 11) is 3.32. The average molecular weight is 310 g/mol. The van der Waals surface area contributed by atoms with Crippen LogP contribution < -0.4 is 10.6 Å². The molecule has 1 saturated carbocycles. The number of nitrogens with zero attached hydrogens (tertiary/aromatic N) is 2. The number of hydrogen-bond acceptors (Lipinski definition) is 5. The van der Waals surface area contributed by atoms with Crippen molar-refractivity contribution in [3.05, 3.63) is 0 Å². The smallest absolute Gasteiger partial charge is 0.235 e. The lowest BCUT2D eigenvalue weighted by Gasteiger charge is -2.24. The zero-order valence-electron chi connectivity index (χ0n) is 13.6. The molecule has 2 amide bonds. The Morgan fingerprint density at radius 1 is 1.36 bits per heavy atom. The van der Waals surface area contributed by atoms with Crippen LogP contribution in [0.2, 0.25) is 0 Å². The molecule has 0 aromatic rings. The van der Waals surface area contributed by atoms with Gasteiger partial charge in [0.1, 0.15) is 5.54 Å². The Kier molecular flexibility index (Phi) is 7.28. The van der Waals surface area contributed by atoms with Gasteiger partial charge in [-0.1, -0.05) is 0 Å². The van der Waals surface area contributed by atoms with Gasteiger partial charge >= 0.3 is 0 Å². The summed E-state index contributed by atoms with van der Waals surface area (Å²) in [5, 5.41) is 14.8. The van der Waals surface area contributed by atoms with Crippen molar-refractivity contribution in [1.29, 1.82) is 5.26 Å². The number of hydrogen-bond donors (Lipinski definition) is 2. The quantitative estimate of drug-likeness (QED) is 0.549. The first-order chi connectivity index (χ1) is 10.4. The van der Waals surface area contributed by atoms with Crippen LogP contribution in [0.3, 0.4) is 0 Å². The predicted octanol–water partition coefficient (Wildman–Crippen LogP) is -0.121. The van der Waals surface area contributed by atoms with Crippen molar-refractivity contribution in [2.45, 2.75) is 31.7 Å². The maximum Gasteiger partial charge on any atom is 0.235 e. The van der Waals surface area contributed by atoms with Crippen LogP contribution in [0.1, 0.15) is 26.2 Å². The second-order valence-electron chi connectivity index (χ2n) is 6.01. The predicted molar refractivity (Wildman–Crippen MR) is 81.9 cm³/mol. The summed E-state index contributed by atoms with van der Waals surface area (Å²) in [4.78, 5) is 25.3. The molecular formula is C15H26N4O3. The van der Waals surface area contributed by atoms with Crippen molar-refractivity contribution in [3.8, 4) is 6.07 Å². The van der Waals surface area contributed by atoms with Crippen LogP contribution in [-0.4, -0.2) is 62.7 Å². The van der Waals surface area contributed by atoms with Gasteiger partial charge in [0.05, 0.1) is 19.2 Å². The molecule has 0 saturated heterocycles. The molecule has 1 rings (SSSR count). The second kappa shape index (κ2) is 8.71. The Balaban J connectivity index is 2.26. The molecule has 2 N–H and O–H groups in total. The van der Waals surface area contributed by atoms with Crippen LogP contribution in [0.4, 0.5) is 0 Å². The molecule has 7 nitrogen and oxygen atoms in total. The summed E-state index contributed by atoms with van der Waals surface area (Å²) in [6.45, 7) is 3.15. The van der Waals surface area contributed by atoms with Crippen LogP contribution in [-0.2, 0) is 14.3 Å². The maximum atomic E-state index is 12.0. The van der Waals surface area contributed by atoms with Crippen molar-refractivity contribution >= 4 is 11.8 Å². The van der Waals surface area contributed by atoms with Crippen molar-refractivity contribution in [2.75, 3.05) is 40.4 Å². The lowest BCUT2D eigenvalue weighted by molar-refractivity contribution is -0.125. The monoisotopic (exact) mass is 310 g/mol. The second-order valence-corrected chi connectivity index (χ2v) is 6.01. The minimum atomic E-state index is -0.791. The van der Waals surface area contributed by atoms with Crippen LogP contribution in [0.5, 0.6) is 0 Å². The number of carbonyl (C=O) groups excluding carboxylic acids is 2. The number of carbonyl (C=O) groups is 2. The SMILES string of the molecule is COCCCNC(=O)CN(C)CC(=O)NC(C)(C#N)C1CC1. The molecule has 0 aromatic carbocycles. The highest BCUT2D eigenvalue weighted by molar-refractivity contribution is 5.81. The number of nitrogens with one attached hydrogen (secondary N) is 2. The van der Waals surface area contributed by atoms with E-state index in [2.05, 4.69) is 16.7 Å². The Bertz CT molecular complexity index is 431. The highest BCUT2D eigenvalue weighted by atomic mass is 16.5. The van der Waals surface area contributed by atoms with E-state index >= 15 is 0 Å². The molecular weight excluding hydrogens is 284 g/mol. The van der Waals surface area contributed by atoms with Crippen molar-refractivity contribution in [2.24, 2.45) is 5.92 Å². The molecule has 0 heterocycles. The lowest BCUT2D eigenvalue weighted by atomic mass is 9.98. The molecule has 0 bridgehead atoms. The van der Waals surface area contributed by atoms with Gasteiger partial charge in [0.2, 0.25) is 11.8 Å². The van der Waals surface area contributed by atoms with Gasteiger partial charge in [-0.2, -0.15) is 5.26 Å². The molecule has 1 atom stereocenters.